The number of hydrogen-bond acceptors (Lipinski definition) is 4. The van der Waals surface area contributed by atoms with Crippen LogP contribution in [0, 0.1) is 0 Å². The molecule has 1 aromatic rings. The molecule has 1 saturated carbocycles. The molecule has 132 valence electrons. The molecule has 1 aliphatic rings. The third kappa shape index (κ3) is 6.58. The summed E-state index contributed by atoms with van der Waals surface area (Å²) in [5.74, 6) is -0.0128. The van der Waals surface area contributed by atoms with Crippen molar-refractivity contribution in [2.75, 3.05) is 6.54 Å². The first-order valence-electron chi connectivity index (χ1n) is 8.33. The maximum absolute atomic E-state index is 11.7. The van der Waals surface area contributed by atoms with Crippen LogP contribution in [0.15, 0.2) is 30.3 Å². The van der Waals surface area contributed by atoms with E-state index >= 15 is 0 Å². The maximum Gasteiger partial charge on any atom is 0.407 e. The molecule has 0 unspecified atom stereocenters. The van der Waals surface area contributed by atoms with Gasteiger partial charge in [0.25, 0.3) is 0 Å². The molecule has 0 heterocycles. The van der Waals surface area contributed by atoms with Gasteiger partial charge < -0.3 is 20.7 Å². The van der Waals surface area contributed by atoms with Crippen LogP contribution in [0.4, 0.5) is 4.79 Å². The van der Waals surface area contributed by atoms with Crippen molar-refractivity contribution in [3.05, 3.63) is 35.9 Å². The summed E-state index contributed by atoms with van der Waals surface area (Å²) in [7, 11) is 0. The van der Waals surface area contributed by atoms with Crippen molar-refractivity contribution in [1.82, 2.24) is 16.0 Å². The summed E-state index contributed by atoms with van der Waals surface area (Å²) < 4.78 is 5.19. The zero-order valence-corrected chi connectivity index (χ0v) is 14.6. The minimum Gasteiger partial charge on any atom is -0.445 e. The molecule has 0 radical (unpaired) electrons. The summed E-state index contributed by atoms with van der Waals surface area (Å²) in [4.78, 5) is 23.5. The fourth-order valence-corrected chi connectivity index (χ4v) is 2.53. The van der Waals surface area contributed by atoms with Crippen LogP contribution >= 0.6 is 0 Å². The van der Waals surface area contributed by atoms with Crippen molar-refractivity contribution < 1.29 is 14.3 Å². The number of alkyl carbamates (subject to hydrolysis) is 1. The van der Waals surface area contributed by atoms with Crippen LogP contribution in [0.3, 0.4) is 0 Å². The number of hydrogen-bond donors (Lipinski definition) is 3. The molecule has 1 fully saturated rings. The topological polar surface area (TPSA) is 79.5 Å². The maximum atomic E-state index is 11.7. The van der Waals surface area contributed by atoms with E-state index in [1.807, 2.05) is 51.1 Å². The number of carbonyl (C=O) groups excluding carboxylic acids is 2. The number of benzene rings is 1. The number of nitrogens with one attached hydrogen (secondary N) is 3. The molecule has 6 nitrogen and oxygen atoms in total. The fraction of sp³-hybridized carbons (Fsp3) is 0.556. The van der Waals surface area contributed by atoms with Gasteiger partial charge in [-0.15, -0.1) is 0 Å². The molecule has 0 saturated heterocycles. The average molecular weight is 333 g/mol. The lowest BCUT2D eigenvalue weighted by molar-refractivity contribution is -0.121. The number of ether oxygens (including phenoxy) is 1. The summed E-state index contributed by atoms with van der Waals surface area (Å²) in [5, 5.41) is 8.95. The molecule has 0 aromatic heterocycles. The van der Waals surface area contributed by atoms with Gasteiger partial charge in [0, 0.05) is 17.6 Å². The van der Waals surface area contributed by atoms with Gasteiger partial charge in [-0.05, 0) is 39.2 Å². The summed E-state index contributed by atoms with van der Waals surface area (Å²) in [5.41, 5.74) is 0.746. The highest BCUT2D eigenvalue weighted by Gasteiger charge is 2.30. The molecule has 1 aliphatic carbocycles. The van der Waals surface area contributed by atoms with Crippen molar-refractivity contribution in [3.8, 4) is 0 Å². The first-order chi connectivity index (χ1) is 11.3. The zero-order valence-electron chi connectivity index (χ0n) is 14.6. The molecule has 0 atom stereocenters. The average Bonchev–Trinajstić information content (AvgIpc) is 2.46. The van der Waals surface area contributed by atoms with E-state index in [1.165, 1.54) is 0 Å². The molecule has 6 heteroatoms. The SMILES string of the molecule is CC(C)(C)NC(=O)CNC1CC(NC(=O)OCc2ccccc2)C1. The summed E-state index contributed by atoms with van der Waals surface area (Å²) in [6.07, 6.45) is 1.22. The van der Waals surface area contributed by atoms with E-state index in [0.29, 0.717) is 6.54 Å². The third-order valence-electron chi connectivity index (χ3n) is 3.74. The lowest BCUT2D eigenvalue weighted by Gasteiger charge is -2.36. The van der Waals surface area contributed by atoms with Gasteiger partial charge in [0.05, 0.1) is 6.54 Å². The Morgan fingerprint density at radius 2 is 1.79 bits per heavy atom. The van der Waals surface area contributed by atoms with Gasteiger partial charge in [0.1, 0.15) is 6.61 Å². The van der Waals surface area contributed by atoms with Crippen LogP contribution in [-0.4, -0.2) is 36.2 Å². The number of carbonyl (C=O) groups is 2. The van der Waals surface area contributed by atoms with Crippen LogP contribution < -0.4 is 16.0 Å². The van der Waals surface area contributed by atoms with Gasteiger partial charge >= 0.3 is 6.09 Å². The van der Waals surface area contributed by atoms with Gasteiger partial charge in [0.15, 0.2) is 0 Å². The molecule has 3 N–H and O–H groups in total. The quantitative estimate of drug-likeness (QED) is 0.743. The van der Waals surface area contributed by atoms with E-state index in [-0.39, 0.29) is 30.1 Å². The predicted molar refractivity (Wildman–Crippen MR) is 92.5 cm³/mol. The summed E-state index contributed by atoms with van der Waals surface area (Å²) >= 11 is 0. The highest BCUT2D eigenvalue weighted by Crippen LogP contribution is 2.19. The minimum absolute atomic E-state index is 0.0128. The van der Waals surface area contributed by atoms with E-state index in [1.54, 1.807) is 0 Å². The van der Waals surface area contributed by atoms with Crippen molar-refractivity contribution in [2.24, 2.45) is 0 Å². The van der Waals surface area contributed by atoms with E-state index in [0.717, 1.165) is 18.4 Å². The molecule has 0 aliphatic heterocycles. The van der Waals surface area contributed by atoms with Gasteiger partial charge in [-0.25, -0.2) is 4.79 Å². The molecular weight excluding hydrogens is 306 g/mol. The van der Waals surface area contributed by atoms with Gasteiger partial charge in [0.2, 0.25) is 5.91 Å². The summed E-state index contributed by atoms with van der Waals surface area (Å²) in [6, 6.07) is 9.95. The lowest BCUT2D eigenvalue weighted by Crippen LogP contribution is -2.55. The third-order valence-corrected chi connectivity index (χ3v) is 3.74. The predicted octanol–water partition coefficient (Wildman–Crippen LogP) is 1.95. The van der Waals surface area contributed by atoms with Crippen LogP contribution in [0.2, 0.25) is 0 Å². The van der Waals surface area contributed by atoms with Crippen molar-refractivity contribution >= 4 is 12.0 Å². The Hall–Kier alpha value is -2.08. The molecule has 0 bridgehead atoms. The first-order valence-corrected chi connectivity index (χ1v) is 8.33. The van der Waals surface area contributed by atoms with E-state index < -0.39 is 6.09 Å². The van der Waals surface area contributed by atoms with Crippen LogP contribution in [0.1, 0.15) is 39.2 Å². The second kappa shape index (κ2) is 8.15. The van der Waals surface area contributed by atoms with Crippen molar-refractivity contribution in [3.63, 3.8) is 0 Å². The monoisotopic (exact) mass is 333 g/mol. The Kier molecular flexibility index (Phi) is 6.20. The van der Waals surface area contributed by atoms with Gasteiger partial charge in [-0.3, -0.25) is 4.79 Å². The molecular formula is C18H27N3O3. The fourth-order valence-electron chi connectivity index (χ4n) is 2.53. The largest absolute Gasteiger partial charge is 0.445 e. The van der Waals surface area contributed by atoms with E-state index in [9.17, 15) is 9.59 Å². The number of rotatable bonds is 6. The van der Waals surface area contributed by atoms with E-state index in [4.69, 9.17) is 4.74 Å². The molecule has 2 rings (SSSR count). The summed E-state index contributed by atoms with van der Waals surface area (Å²) in [6.45, 7) is 6.43. The highest BCUT2D eigenvalue weighted by molar-refractivity contribution is 5.78. The van der Waals surface area contributed by atoms with Crippen LogP contribution in [0.5, 0.6) is 0 Å². The van der Waals surface area contributed by atoms with Crippen molar-refractivity contribution in [1.29, 1.82) is 0 Å². The normalized spacial score (nSPS) is 20.0. The van der Waals surface area contributed by atoms with Crippen molar-refractivity contribution in [2.45, 2.75) is 57.8 Å². The second-order valence-electron chi connectivity index (χ2n) is 7.25. The Morgan fingerprint density at radius 3 is 2.42 bits per heavy atom. The van der Waals surface area contributed by atoms with E-state index in [2.05, 4.69) is 16.0 Å². The molecule has 24 heavy (non-hydrogen) atoms. The standard InChI is InChI=1S/C18H27N3O3/c1-18(2,3)21-16(22)11-19-14-9-15(10-14)20-17(23)24-12-13-7-5-4-6-8-13/h4-8,14-15,19H,9-12H2,1-3H3,(H,20,23)(H,21,22). The molecule has 2 amide bonds. The second-order valence-corrected chi connectivity index (χ2v) is 7.25. The van der Waals surface area contributed by atoms with Crippen LogP contribution in [-0.2, 0) is 16.1 Å². The lowest BCUT2D eigenvalue weighted by atomic mass is 9.87. The highest BCUT2D eigenvalue weighted by atomic mass is 16.5. The Bertz CT molecular complexity index is 548. The minimum atomic E-state index is -0.396. The first kappa shape index (κ1) is 18.3. The molecule has 0 spiro atoms. The zero-order chi connectivity index (χ0) is 17.6. The Balaban J connectivity index is 1.56. The molecule has 1 aromatic carbocycles. The number of amides is 2. The van der Waals surface area contributed by atoms with Crippen LogP contribution in [0.25, 0.3) is 0 Å². The van der Waals surface area contributed by atoms with Gasteiger partial charge in [-0.1, -0.05) is 30.3 Å². The Morgan fingerprint density at radius 1 is 1.12 bits per heavy atom. The smallest absolute Gasteiger partial charge is 0.407 e. The van der Waals surface area contributed by atoms with Gasteiger partial charge in [-0.2, -0.15) is 0 Å². The Labute approximate surface area is 143 Å².